The molecule has 1 saturated heterocycles. The molecular formula is C21H28N2O3. The largest absolute Gasteiger partial charge is 0.497 e. The van der Waals surface area contributed by atoms with Crippen molar-refractivity contribution in [1.29, 1.82) is 0 Å². The fourth-order valence-corrected chi connectivity index (χ4v) is 3.18. The Morgan fingerprint density at radius 3 is 2.38 bits per heavy atom. The molecule has 0 bridgehead atoms. The lowest BCUT2D eigenvalue weighted by atomic mass is 10.2. The average Bonchev–Trinajstić information content (AvgIpc) is 2.68. The molecule has 1 heterocycles. The van der Waals surface area contributed by atoms with E-state index in [0.717, 1.165) is 31.9 Å². The van der Waals surface area contributed by atoms with Crippen molar-refractivity contribution in [2.24, 2.45) is 0 Å². The molecule has 2 aromatic carbocycles. The first-order valence-corrected chi connectivity index (χ1v) is 9.13. The van der Waals surface area contributed by atoms with Gasteiger partial charge in [-0.05, 0) is 31.2 Å². The Labute approximate surface area is 155 Å². The van der Waals surface area contributed by atoms with E-state index < -0.39 is 6.10 Å². The third kappa shape index (κ3) is 5.13. The third-order valence-electron chi connectivity index (χ3n) is 4.72. The zero-order chi connectivity index (χ0) is 18.4. The number of benzene rings is 2. The van der Waals surface area contributed by atoms with Crippen LogP contribution in [-0.4, -0.2) is 62.6 Å². The van der Waals surface area contributed by atoms with E-state index in [4.69, 9.17) is 9.47 Å². The van der Waals surface area contributed by atoms with E-state index >= 15 is 0 Å². The summed E-state index contributed by atoms with van der Waals surface area (Å²) in [6.45, 7) is 6.88. The van der Waals surface area contributed by atoms with Crippen LogP contribution in [0, 0.1) is 6.92 Å². The lowest BCUT2D eigenvalue weighted by molar-refractivity contribution is 0.0662. The predicted octanol–water partition coefficient (Wildman–Crippen LogP) is 2.57. The molecule has 1 aliphatic heterocycles. The van der Waals surface area contributed by atoms with Gasteiger partial charge in [0.25, 0.3) is 0 Å². The van der Waals surface area contributed by atoms with Crippen molar-refractivity contribution in [3.05, 3.63) is 54.1 Å². The van der Waals surface area contributed by atoms with Crippen LogP contribution < -0.4 is 14.4 Å². The van der Waals surface area contributed by atoms with Gasteiger partial charge in [-0.15, -0.1) is 0 Å². The molecule has 3 rings (SSSR count). The van der Waals surface area contributed by atoms with Gasteiger partial charge < -0.3 is 19.5 Å². The Bertz CT molecular complexity index is 682. The van der Waals surface area contributed by atoms with Crippen molar-refractivity contribution in [2.75, 3.05) is 51.3 Å². The zero-order valence-corrected chi connectivity index (χ0v) is 15.6. The van der Waals surface area contributed by atoms with Crippen LogP contribution in [0.4, 0.5) is 5.69 Å². The molecule has 140 valence electrons. The Hall–Kier alpha value is -2.24. The summed E-state index contributed by atoms with van der Waals surface area (Å²) in [6, 6.07) is 16.1. The van der Waals surface area contributed by atoms with Gasteiger partial charge in [-0.3, -0.25) is 4.90 Å². The highest BCUT2D eigenvalue weighted by Crippen LogP contribution is 2.19. The number of piperazine rings is 1. The van der Waals surface area contributed by atoms with E-state index in [1.54, 1.807) is 7.11 Å². The molecule has 1 atom stereocenters. The summed E-state index contributed by atoms with van der Waals surface area (Å²) in [5.41, 5.74) is 2.56. The van der Waals surface area contributed by atoms with Crippen LogP contribution in [0.1, 0.15) is 5.56 Å². The molecule has 5 heteroatoms. The first kappa shape index (κ1) is 18.5. The minimum Gasteiger partial charge on any atom is -0.497 e. The van der Waals surface area contributed by atoms with E-state index in [0.29, 0.717) is 12.3 Å². The molecule has 2 aromatic rings. The minimum atomic E-state index is -0.507. The summed E-state index contributed by atoms with van der Waals surface area (Å²) in [6.07, 6.45) is -0.507. The van der Waals surface area contributed by atoms with Crippen molar-refractivity contribution < 1.29 is 14.6 Å². The van der Waals surface area contributed by atoms with Crippen LogP contribution in [-0.2, 0) is 0 Å². The van der Waals surface area contributed by atoms with Crippen molar-refractivity contribution in [1.82, 2.24) is 4.90 Å². The monoisotopic (exact) mass is 356 g/mol. The van der Waals surface area contributed by atoms with Crippen LogP contribution in [0.5, 0.6) is 11.5 Å². The molecule has 1 aliphatic rings. The van der Waals surface area contributed by atoms with Gasteiger partial charge in [-0.25, -0.2) is 0 Å². The smallest absolute Gasteiger partial charge is 0.123 e. The maximum Gasteiger partial charge on any atom is 0.123 e. The molecule has 0 aromatic heterocycles. The summed E-state index contributed by atoms with van der Waals surface area (Å²) in [7, 11) is 1.63. The fraction of sp³-hybridized carbons (Fsp3) is 0.429. The number of aliphatic hydroxyl groups is 1. The van der Waals surface area contributed by atoms with Crippen molar-refractivity contribution >= 4 is 5.69 Å². The number of hydrogen-bond acceptors (Lipinski definition) is 5. The van der Waals surface area contributed by atoms with Gasteiger partial charge in [0.1, 0.15) is 24.2 Å². The minimum absolute atomic E-state index is 0.283. The first-order valence-electron chi connectivity index (χ1n) is 9.13. The van der Waals surface area contributed by atoms with Gasteiger partial charge >= 0.3 is 0 Å². The molecule has 0 aliphatic carbocycles. The topological polar surface area (TPSA) is 45.2 Å². The Balaban J connectivity index is 1.41. The first-order chi connectivity index (χ1) is 12.6. The van der Waals surface area contributed by atoms with Crippen LogP contribution in [0.15, 0.2) is 48.5 Å². The summed E-state index contributed by atoms with van der Waals surface area (Å²) in [5.74, 6) is 1.47. The lowest BCUT2D eigenvalue weighted by Gasteiger charge is -2.36. The number of aryl methyl sites for hydroxylation is 1. The molecular weight excluding hydrogens is 328 g/mol. The second-order valence-corrected chi connectivity index (χ2v) is 6.77. The van der Waals surface area contributed by atoms with E-state index in [2.05, 4.69) is 41.0 Å². The fourth-order valence-electron chi connectivity index (χ4n) is 3.18. The molecule has 1 N–H and O–H groups in total. The SMILES string of the molecule is COc1cccc(OC[C@@H](O)CN2CCN(c3ccc(C)cc3)CC2)c1. The Kier molecular flexibility index (Phi) is 6.36. The normalized spacial score (nSPS) is 16.3. The number of aliphatic hydroxyl groups excluding tert-OH is 1. The van der Waals surface area contributed by atoms with Crippen LogP contribution >= 0.6 is 0 Å². The second kappa shape index (κ2) is 8.92. The summed E-state index contributed by atoms with van der Waals surface area (Å²) in [4.78, 5) is 4.69. The van der Waals surface area contributed by atoms with E-state index in [1.807, 2.05) is 24.3 Å². The maximum atomic E-state index is 10.3. The van der Waals surface area contributed by atoms with Crippen molar-refractivity contribution in [3.8, 4) is 11.5 Å². The zero-order valence-electron chi connectivity index (χ0n) is 15.6. The van der Waals surface area contributed by atoms with Gasteiger partial charge in [-0.1, -0.05) is 23.8 Å². The number of hydrogen-bond donors (Lipinski definition) is 1. The maximum absolute atomic E-state index is 10.3. The van der Waals surface area contributed by atoms with Gasteiger partial charge in [0.05, 0.1) is 7.11 Å². The molecule has 5 nitrogen and oxygen atoms in total. The molecule has 0 amide bonds. The molecule has 0 unspecified atom stereocenters. The Morgan fingerprint density at radius 1 is 1.00 bits per heavy atom. The van der Waals surface area contributed by atoms with Crippen LogP contribution in [0.3, 0.4) is 0 Å². The highest BCUT2D eigenvalue weighted by atomic mass is 16.5. The van der Waals surface area contributed by atoms with Gasteiger partial charge in [0, 0.05) is 44.5 Å². The molecule has 0 spiro atoms. The highest BCUT2D eigenvalue weighted by Gasteiger charge is 2.19. The number of nitrogens with zero attached hydrogens (tertiary/aromatic N) is 2. The molecule has 1 fully saturated rings. The number of methoxy groups -OCH3 is 1. The van der Waals surface area contributed by atoms with Crippen LogP contribution in [0.2, 0.25) is 0 Å². The van der Waals surface area contributed by atoms with E-state index in [-0.39, 0.29) is 6.61 Å². The van der Waals surface area contributed by atoms with Crippen LogP contribution in [0.25, 0.3) is 0 Å². The Morgan fingerprint density at radius 2 is 1.69 bits per heavy atom. The van der Waals surface area contributed by atoms with Gasteiger partial charge in [0.15, 0.2) is 0 Å². The van der Waals surface area contributed by atoms with E-state index in [1.165, 1.54) is 11.3 Å². The third-order valence-corrected chi connectivity index (χ3v) is 4.72. The summed E-state index contributed by atoms with van der Waals surface area (Å²) >= 11 is 0. The highest BCUT2D eigenvalue weighted by molar-refractivity contribution is 5.47. The average molecular weight is 356 g/mol. The number of β-amino-alcohol motifs (C(OH)–C–C–N with tert-alkyl or cyclic N) is 1. The molecule has 0 saturated carbocycles. The number of ether oxygens (including phenoxy) is 2. The summed E-state index contributed by atoms with van der Waals surface area (Å²) < 4.78 is 10.9. The molecule has 26 heavy (non-hydrogen) atoms. The standard InChI is InChI=1S/C21H28N2O3/c1-17-6-8-18(9-7-17)23-12-10-22(11-13-23)15-19(24)16-26-21-5-3-4-20(14-21)25-2/h3-9,14,19,24H,10-13,15-16H2,1-2H3/t19-/m0/s1. The lowest BCUT2D eigenvalue weighted by Crippen LogP contribution is -2.49. The summed E-state index contributed by atoms with van der Waals surface area (Å²) in [5, 5.41) is 10.3. The predicted molar refractivity (Wildman–Crippen MR) is 104 cm³/mol. The van der Waals surface area contributed by atoms with Crippen molar-refractivity contribution in [3.63, 3.8) is 0 Å². The molecule has 0 radical (unpaired) electrons. The quantitative estimate of drug-likeness (QED) is 0.826. The number of rotatable bonds is 7. The van der Waals surface area contributed by atoms with Gasteiger partial charge in [-0.2, -0.15) is 0 Å². The van der Waals surface area contributed by atoms with Gasteiger partial charge in [0.2, 0.25) is 0 Å². The van der Waals surface area contributed by atoms with E-state index in [9.17, 15) is 5.11 Å². The second-order valence-electron chi connectivity index (χ2n) is 6.77. The number of anilines is 1. The van der Waals surface area contributed by atoms with Crippen molar-refractivity contribution in [2.45, 2.75) is 13.0 Å².